The van der Waals surface area contributed by atoms with E-state index in [-0.39, 0.29) is 24.5 Å². The average Bonchev–Trinajstić information content (AvgIpc) is 2.62. The minimum atomic E-state index is -1.01. The third-order valence-corrected chi connectivity index (χ3v) is 3.83. The third kappa shape index (κ3) is 3.16. The number of hydrogen-bond donors (Lipinski definition) is 1. The standard InChI is InChI=1S/C13H21N3O5/c1-13(2)11(18)14-12(19)16(13)7-10(17)15-4-5-21-9(6-15)8-20-3/h9H,4-8H2,1-3H3,(H,14,18,19). The molecule has 2 aliphatic heterocycles. The van der Waals surface area contributed by atoms with Crippen LogP contribution in [0.15, 0.2) is 0 Å². The average molecular weight is 299 g/mol. The van der Waals surface area contributed by atoms with Crippen molar-refractivity contribution in [2.75, 3.05) is 40.0 Å². The van der Waals surface area contributed by atoms with Gasteiger partial charge in [0, 0.05) is 20.2 Å². The van der Waals surface area contributed by atoms with Gasteiger partial charge in [0.2, 0.25) is 5.91 Å². The van der Waals surface area contributed by atoms with Crippen molar-refractivity contribution >= 4 is 17.8 Å². The highest BCUT2D eigenvalue weighted by molar-refractivity contribution is 6.07. The summed E-state index contributed by atoms with van der Waals surface area (Å²) in [5.41, 5.74) is -1.01. The summed E-state index contributed by atoms with van der Waals surface area (Å²) in [5.74, 6) is -0.586. The van der Waals surface area contributed by atoms with Crippen LogP contribution in [0.4, 0.5) is 4.79 Å². The Morgan fingerprint density at radius 1 is 1.48 bits per heavy atom. The molecule has 2 aliphatic rings. The second-order valence-electron chi connectivity index (χ2n) is 5.69. The Morgan fingerprint density at radius 3 is 2.76 bits per heavy atom. The number of carbonyl (C=O) groups is 3. The molecule has 0 saturated carbocycles. The summed E-state index contributed by atoms with van der Waals surface area (Å²) >= 11 is 0. The number of carbonyl (C=O) groups excluding carboxylic acids is 3. The number of imide groups is 1. The van der Waals surface area contributed by atoms with E-state index in [0.717, 1.165) is 0 Å². The lowest BCUT2D eigenvalue weighted by Crippen LogP contribution is -2.53. The van der Waals surface area contributed by atoms with Crippen molar-refractivity contribution in [3.05, 3.63) is 0 Å². The van der Waals surface area contributed by atoms with Gasteiger partial charge in [-0.25, -0.2) is 4.79 Å². The van der Waals surface area contributed by atoms with Crippen LogP contribution in [0.3, 0.4) is 0 Å². The van der Waals surface area contributed by atoms with Gasteiger partial charge in [-0.3, -0.25) is 14.9 Å². The summed E-state index contributed by atoms with van der Waals surface area (Å²) in [6.07, 6.45) is -0.158. The van der Waals surface area contributed by atoms with Gasteiger partial charge in [0.25, 0.3) is 5.91 Å². The molecule has 1 unspecified atom stereocenters. The van der Waals surface area contributed by atoms with E-state index in [9.17, 15) is 14.4 Å². The largest absolute Gasteiger partial charge is 0.382 e. The maximum atomic E-state index is 12.3. The number of ether oxygens (including phenoxy) is 2. The number of methoxy groups -OCH3 is 1. The molecule has 1 N–H and O–H groups in total. The van der Waals surface area contributed by atoms with Gasteiger partial charge in [-0.1, -0.05) is 0 Å². The predicted octanol–water partition coefficient (Wildman–Crippen LogP) is -0.809. The van der Waals surface area contributed by atoms with E-state index in [1.165, 1.54) is 4.90 Å². The molecule has 2 saturated heterocycles. The first-order valence-electron chi connectivity index (χ1n) is 6.87. The fourth-order valence-corrected chi connectivity index (χ4v) is 2.43. The molecule has 0 radical (unpaired) electrons. The zero-order valence-corrected chi connectivity index (χ0v) is 12.5. The van der Waals surface area contributed by atoms with Crippen LogP contribution in [0.25, 0.3) is 0 Å². The van der Waals surface area contributed by atoms with Crippen molar-refractivity contribution in [2.45, 2.75) is 25.5 Å². The lowest BCUT2D eigenvalue weighted by atomic mass is 10.0. The number of nitrogens with zero attached hydrogens (tertiary/aromatic N) is 2. The van der Waals surface area contributed by atoms with Crippen LogP contribution in [0.2, 0.25) is 0 Å². The predicted molar refractivity (Wildman–Crippen MR) is 72.5 cm³/mol. The highest BCUT2D eigenvalue weighted by atomic mass is 16.5. The second-order valence-corrected chi connectivity index (χ2v) is 5.69. The van der Waals surface area contributed by atoms with Gasteiger partial charge in [0.15, 0.2) is 0 Å². The first-order chi connectivity index (χ1) is 9.86. The monoisotopic (exact) mass is 299 g/mol. The highest BCUT2D eigenvalue weighted by Gasteiger charge is 2.46. The summed E-state index contributed by atoms with van der Waals surface area (Å²) in [6.45, 7) is 4.87. The van der Waals surface area contributed by atoms with Crippen molar-refractivity contribution in [3.63, 3.8) is 0 Å². The van der Waals surface area contributed by atoms with E-state index >= 15 is 0 Å². The van der Waals surface area contributed by atoms with Gasteiger partial charge in [0.1, 0.15) is 12.1 Å². The number of nitrogens with one attached hydrogen (secondary N) is 1. The summed E-state index contributed by atoms with van der Waals surface area (Å²) in [4.78, 5) is 38.7. The maximum Gasteiger partial charge on any atom is 0.325 e. The van der Waals surface area contributed by atoms with Gasteiger partial charge in [-0.05, 0) is 13.8 Å². The second kappa shape index (κ2) is 5.98. The van der Waals surface area contributed by atoms with Crippen molar-refractivity contribution in [2.24, 2.45) is 0 Å². The molecule has 0 aromatic rings. The van der Waals surface area contributed by atoms with E-state index < -0.39 is 11.6 Å². The Balaban J connectivity index is 1.98. The van der Waals surface area contributed by atoms with E-state index in [2.05, 4.69) is 5.32 Å². The molecule has 0 bridgehead atoms. The van der Waals surface area contributed by atoms with Gasteiger partial charge in [-0.15, -0.1) is 0 Å². The smallest absolute Gasteiger partial charge is 0.325 e. The fourth-order valence-electron chi connectivity index (χ4n) is 2.43. The van der Waals surface area contributed by atoms with E-state index in [1.807, 2.05) is 0 Å². The van der Waals surface area contributed by atoms with Crippen LogP contribution in [0.1, 0.15) is 13.8 Å². The lowest BCUT2D eigenvalue weighted by molar-refractivity contribution is -0.142. The van der Waals surface area contributed by atoms with E-state index in [0.29, 0.717) is 26.3 Å². The molecule has 1 atom stereocenters. The Labute approximate surface area is 123 Å². The van der Waals surface area contributed by atoms with Crippen LogP contribution in [0.5, 0.6) is 0 Å². The highest BCUT2D eigenvalue weighted by Crippen LogP contribution is 2.21. The number of morpholine rings is 1. The van der Waals surface area contributed by atoms with Crippen LogP contribution < -0.4 is 5.32 Å². The first kappa shape index (κ1) is 15.7. The normalized spacial score (nSPS) is 25.2. The Bertz CT molecular complexity index is 449. The number of hydrogen-bond acceptors (Lipinski definition) is 5. The van der Waals surface area contributed by atoms with Crippen molar-refractivity contribution in [1.82, 2.24) is 15.1 Å². The van der Waals surface area contributed by atoms with Gasteiger partial charge in [0.05, 0.1) is 19.3 Å². The molecule has 8 nitrogen and oxygen atoms in total. The summed E-state index contributed by atoms with van der Waals surface area (Å²) < 4.78 is 10.5. The number of urea groups is 1. The molecule has 21 heavy (non-hydrogen) atoms. The Morgan fingerprint density at radius 2 is 2.19 bits per heavy atom. The van der Waals surface area contributed by atoms with Crippen molar-refractivity contribution < 1.29 is 23.9 Å². The van der Waals surface area contributed by atoms with Crippen LogP contribution in [-0.2, 0) is 19.1 Å². The van der Waals surface area contributed by atoms with Crippen LogP contribution in [0, 0.1) is 0 Å². The zero-order chi connectivity index (χ0) is 15.6. The topological polar surface area (TPSA) is 88.2 Å². The SMILES string of the molecule is COCC1CN(C(=O)CN2C(=O)NC(=O)C2(C)C)CCO1. The van der Waals surface area contributed by atoms with Crippen LogP contribution >= 0.6 is 0 Å². The molecule has 4 amide bonds. The van der Waals surface area contributed by atoms with E-state index in [4.69, 9.17) is 9.47 Å². The molecule has 8 heteroatoms. The van der Waals surface area contributed by atoms with Gasteiger partial charge < -0.3 is 19.3 Å². The van der Waals surface area contributed by atoms with Gasteiger partial charge in [-0.2, -0.15) is 0 Å². The van der Waals surface area contributed by atoms with Crippen molar-refractivity contribution in [1.29, 1.82) is 0 Å². The summed E-state index contributed by atoms with van der Waals surface area (Å²) in [5, 5.41) is 2.23. The van der Waals surface area contributed by atoms with Crippen molar-refractivity contribution in [3.8, 4) is 0 Å². The van der Waals surface area contributed by atoms with Gasteiger partial charge >= 0.3 is 6.03 Å². The molecule has 2 fully saturated rings. The molecule has 0 aromatic carbocycles. The maximum absolute atomic E-state index is 12.3. The molecular formula is C13H21N3O5. The minimum absolute atomic E-state index is 0.121. The summed E-state index contributed by atoms with van der Waals surface area (Å²) in [7, 11) is 1.58. The Hall–Kier alpha value is -1.67. The quantitative estimate of drug-likeness (QED) is 0.686. The fraction of sp³-hybridized carbons (Fsp3) is 0.769. The van der Waals surface area contributed by atoms with Crippen LogP contribution in [-0.4, -0.2) is 79.2 Å². The minimum Gasteiger partial charge on any atom is -0.382 e. The molecule has 2 rings (SSSR count). The molecule has 0 aromatic heterocycles. The summed E-state index contributed by atoms with van der Waals surface area (Å²) in [6, 6.07) is -0.528. The molecule has 0 aliphatic carbocycles. The molecule has 118 valence electrons. The molecular weight excluding hydrogens is 278 g/mol. The molecule has 2 heterocycles. The first-order valence-corrected chi connectivity index (χ1v) is 6.87. The molecule has 0 spiro atoms. The zero-order valence-electron chi connectivity index (χ0n) is 12.5. The van der Waals surface area contributed by atoms with E-state index in [1.54, 1.807) is 25.9 Å². The lowest BCUT2D eigenvalue weighted by Gasteiger charge is -2.35. The third-order valence-electron chi connectivity index (χ3n) is 3.83. The Kier molecular flexibility index (Phi) is 4.48. The number of rotatable bonds is 4. The number of amides is 4.